The number of nitrogens with two attached hydrogens (primary N) is 1. The standard InChI is InChI=1S/C13H19ClN2O4S.ClH/c1-9(8-15)13(17)16-11-7-10(14)3-4-12(11)20-5-6-21(2,18)19;/h3-4,7,9H,5-6,8,15H2,1-2H3,(H,16,17);1H. The molecule has 6 nitrogen and oxygen atoms in total. The summed E-state index contributed by atoms with van der Waals surface area (Å²) in [5.74, 6) is -0.358. The van der Waals surface area contributed by atoms with Gasteiger partial charge in [-0.15, -0.1) is 12.4 Å². The zero-order chi connectivity index (χ0) is 16.0. The summed E-state index contributed by atoms with van der Waals surface area (Å²) in [4.78, 5) is 11.9. The van der Waals surface area contributed by atoms with E-state index in [0.29, 0.717) is 16.5 Å². The van der Waals surface area contributed by atoms with Crippen LogP contribution in [0.4, 0.5) is 5.69 Å². The largest absolute Gasteiger partial charge is 0.490 e. The molecule has 0 heterocycles. The van der Waals surface area contributed by atoms with Crippen molar-refractivity contribution < 1.29 is 17.9 Å². The smallest absolute Gasteiger partial charge is 0.228 e. The third-order valence-corrected chi connectivity index (χ3v) is 3.86. The fourth-order valence-electron chi connectivity index (χ4n) is 1.39. The van der Waals surface area contributed by atoms with Gasteiger partial charge in [0.25, 0.3) is 0 Å². The summed E-state index contributed by atoms with van der Waals surface area (Å²) >= 11 is 5.89. The number of benzene rings is 1. The Hall–Kier alpha value is -1.02. The normalized spacial score (nSPS) is 12.2. The SMILES string of the molecule is CC(CN)C(=O)Nc1cc(Cl)ccc1OCCS(C)(=O)=O.Cl. The van der Waals surface area contributed by atoms with Gasteiger partial charge in [-0.1, -0.05) is 18.5 Å². The minimum absolute atomic E-state index is 0. The lowest BCUT2D eigenvalue weighted by Crippen LogP contribution is -2.27. The van der Waals surface area contributed by atoms with Gasteiger partial charge in [0.15, 0.2) is 9.84 Å². The molecule has 0 fully saturated rings. The molecule has 0 aliphatic carbocycles. The van der Waals surface area contributed by atoms with Crippen LogP contribution in [-0.4, -0.2) is 39.5 Å². The van der Waals surface area contributed by atoms with Crippen LogP contribution < -0.4 is 15.8 Å². The van der Waals surface area contributed by atoms with Crippen LogP contribution in [0.1, 0.15) is 6.92 Å². The number of carbonyl (C=O) groups excluding carboxylic acids is 1. The first kappa shape index (κ1) is 21.0. The summed E-state index contributed by atoms with van der Waals surface area (Å²) in [6, 6.07) is 4.71. The van der Waals surface area contributed by atoms with E-state index in [-0.39, 0.29) is 43.1 Å². The van der Waals surface area contributed by atoms with Crippen LogP contribution in [0.3, 0.4) is 0 Å². The van der Waals surface area contributed by atoms with E-state index in [9.17, 15) is 13.2 Å². The molecule has 1 unspecified atom stereocenters. The number of carbonyl (C=O) groups is 1. The molecule has 1 atom stereocenters. The second-order valence-electron chi connectivity index (χ2n) is 4.74. The highest BCUT2D eigenvalue weighted by Gasteiger charge is 2.14. The first-order valence-corrected chi connectivity index (χ1v) is 8.78. The van der Waals surface area contributed by atoms with E-state index >= 15 is 0 Å². The molecule has 3 N–H and O–H groups in total. The third kappa shape index (κ3) is 7.31. The van der Waals surface area contributed by atoms with E-state index in [2.05, 4.69) is 5.32 Å². The van der Waals surface area contributed by atoms with Gasteiger partial charge in [0.05, 0.1) is 11.4 Å². The Morgan fingerprint density at radius 1 is 1.45 bits per heavy atom. The Labute approximate surface area is 141 Å². The second-order valence-corrected chi connectivity index (χ2v) is 7.44. The molecule has 1 rings (SSSR count). The van der Waals surface area contributed by atoms with Gasteiger partial charge in [0.2, 0.25) is 5.91 Å². The molecule has 1 aromatic rings. The maximum absolute atomic E-state index is 11.9. The van der Waals surface area contributed by atoms with Crippen LogP contribution in [-0.2, 0) is 14.6 Å². The molecule has 1 amide bonds. The minimum atomic E-state index is -3.11. The molecular weight excluding hydrogens is 351 g/mol. The number of anilines is 1. The van der Waals surface area contributed by atoms with Crippen LogP contribution >= 0.6 is 24.0 Å². The Kier molecular flexibility index (Phi) is 8.77. The summed E-state index contributed by atoms with van der Waals surface area (Å²) in [5.41, 5.74) is 5.83. The van der Waals surface area contributed by atoms with E-state index < -0.39 is 9.84 Å². The fraction of sp³-hybridized carbons (Fsp3) is 0.462. The van der Waals surface area contributed by atoms with Crippen molar-refractivity contribution in [2.24, 2.45) is 11.7 Å². The van der Waals surface area contributed by atoms with E-state index in [1.807, 2.05) is 0 Å². The van der Waals surface area contributed by atoms with Gasteiger partial charge in [0, 0.05) is 23.7 Å². The first-order valence-electron chi connectivity index (χ1n) is 6.34. The predicted octanol–water partition coefficient (Wildman–Crippen LogP) is 1.72. The molecule has 0 spiro atoms. The zero-order valence-electron chi connectivity index (χ0n) is 12.3. The molecule has 9 heteroatoms. The average molecular weight is 371 g/mol. The molecule has 0 aromatic heterocycles. The molecule has 0 radical (unpaired) electrons. The highest BCUT2D eigenvalue weighted by Crippen LogP contribution is 2.28. The van der Waals surface area contributed by atoms with Crippen LogP contribution in [0.5, 0.6) is 5.75 Å². The molecule has 126 valence electrons. The van der Waals surface area contributed by atoms with Crippen molar-refractivity contribution in [1.29, 1.82) is 0 Å². The first-order chi connectivity index (χ1) is 9.73. The molecule has 0 aliphatic heterocycles. The highest BCUT2D eigenvalue weighted by molar-refractivity contribution is 7.90. The molecule has 22 heavy (non-hydrogen) atoms. The molecular formula is C13H20Cl2N2O4S. The van der Waals surface area contributed by atoms with Gasteiger partial charge in [-0.2, -0.15) is 0 Å². The van der Waals surface area contributed by atoms with Gasteiger partial charge < -0.3 is 15.8 Å². The number of hydrogen-bond donors (Lipinski definition) is 2. The Bertz CT molecular complexity index is 608. The summed E-state index contributed by atoms with van der Waals surface area (Å²) < 4.78 is 27.6. The number of halogens is 2. The summed E-state index contributed by atoms with van der Waals surface area (Å²) in [7, 11) is -3.11. The molecule has 0 saturated heterocycles. The summed E-state index contributed by atoms with van der Waals surface area (Å²) in [6.45, 7) is 1.91. The Morgan fingerprint density at radius 2 is 2.09 bits per heavy atom. The quantitative estimate of drug-likeness (QED) is 0.761. The molecule has 0 saturated carbocycles. The van der Waals surface area contributed by atoms with Crippen LogP contribution in [0.25, 0.3) is 0 Å². The highest BCUT2D eigenvalue weighted by atomic mass is 35.5. The molecule has 1 aromatic carbocycles. The van der Waals surface area contributed by atoms with Gasteiger partial charge >= 0.3 is 0 Å². The van der Waals surface area contributed by atoms with Gasteiger partial charge in [-0.25, -0.2) is 8.42 Å². The third-order valence-electron chi connectivity index (χ3n) is 2.71. The summed E-state index contributed by atoms with van der Waals surface area (Å²) in [5, 5.41) is 3.10. The number of hydrogen-bond acceptors (Lipinski definition) is 5. The van der Waals surface area contributed by atoms with Crippen LogP contribution in [0, 0.1) is 5.92 Å². The summed E-state index contributed by atoms with van der Waals surface area (Å²) in [6.07, 6.45) is 1.13. The van der Waals surface area contributed by atoms with Gasteiger partial charge in [0.1, 0.15) is 12.4 Å². The average Bonchev–Trinajstić information content (AvgIpc) is 2.38. The zero-order valence-corrected chi connectivity index (χ0v) is 14.7. The van der Waals surface area contributed by atoms with Gasteiger partial charge in [-0.05, 0) is 18.2 Å². The molecule has 0 aliphatic rings. The predicted molar refractivity (Wildman–Crippen MR) is 90.8 cm³/mol. The van der Waals surface area contributed by atoms with Crippen LogP contribution in [0.2, 0.25) is 5.02 Å². The van der Waals surface area contributed by atoms with Crippen molar-refractivity contribution in [3.63, 3.8) is 0 Å². The van der Waals surface area contributed by atoms with Crippen molar-refractivity contribution in [1.82, 2.24) is 0 Å². The van der Waals surface area contributed by atoms with Crippen molar-refractivity contribution in [2.75, 3.05) is 30.5 Å². The van der Waals surface area contributed by atoms with Crippen molar-refractivity contribution in [3.8, 4) is 5.75 Å². The van der Waals surface area contributed by atoms with Crippen LogP contribution in [0.15, 0.2) is 18.2 Å². The van der Waals surface area contributed by atoms with E-state index in [1.54, 1.807) is 25.1 Å². The minimum Gasteiger partial charge on any atom is -0.490 e. The van der Waals surface area contributed by atoms with Gasteiger partial charge in [-0.3, -0.25) is 4.79 Å². The number of nitrogens with one attached hydrogen (secondary N) is 1. The number of rotatable bonds is 7. The monoisotopic (exact) mass is 370 g/mol. The van der Waals surface area contributed by atoms with E-state index in [0.717, 1.165) is 6.26 Å². The maximum atomic E-state index is 11.9. The maximum Gasteiger partial charge on any atom is 0.228 e. The topological polar surface area (TPSA) is 98.5 Å². The van der Waals surface area contributed by atoms with E-state index in [1.165, 1.54) is 0 Å². The lowest BCUT2D eigenvalue weighted by Gasteiger charge is -2.14. The number of ether oxygens (including phenoxy) is 1. The fourth-order valence-corrected chi connectivity index (χ4v) is 1.95. The van der Waals surface area contributed by atoms with Crippen molar-refractivity contribution in [2.45, 2.75) is 6.92 Å². The molecule has 0 bridgehead atoms. The van der Waals surface area contributed by atoms with Crippen molar-refractivity contribution in [3.05, 3.63) is 23.2 Å². The van der Waals surface area contributed by atoms with Crippen molar-refractivity contribution >= 4 is 45.4 Å². The lowest BCUT2D eigenvalue weighted by molar-refractivity contribution is -0.119. The Morgan fingerprint density at radius 3 is 2.64 bits per heavy atom. The number of sulfone groups is 1. The Balaban J connectivity index is 0.00000441. The lowest BCUT2D eigenvalue weighted by atomic mass is 10.1. The second kappa shape index (κ2) is 9.19. The van der Waals surface area contributed by atoms with E-state index in [4.69, 9.17) is 22.1 Å². The number of amides is 1.